The molecule has 1 N–H and O–H groups in total. The first kappa shape index (κ1) is 19.5. The van der Waals surface area contributed by atoms with Gasteiger partial charge in [-0.2, -0.15) is 13.2 Å². The summed E-state index contributed by atoms with van der Waals surface area (Å²) in [5.41, 5.74) is -0.466. The summed E-state index contributed by atoms with van der Waals surface area (Å²) in [6, 6.07) is 9.70. The van der Waals surface area contributed by atoms with E-state index in [4.69, 9.17) is 23.2 Å². The average molecular weight is 417 g/mol. The summed E-state index contributed by atoms with van der Waals surface area (Å²) in [7, 11) is 0. The minimum absolute atomic E-state index is 0.0332. The van der Waals surface area contributed by atoms with Gasteiger partial charge in [0.15, 0.2) is 0 Å². The van der Waals surface area contributed by atoms with E-state index >= 15 is 0 Å². The third-order valence-electron chi connectivity index (χ3n) is 4.17. The van der Waals surface area contributed by atoms with Crippen molar-refractivity contribution in [2.75, 3.05) is 16.8 Å². The molecular formula is C18H13Cl2F3N2O2. The molecule has 1 aliphatic rings. The van der Waals surface area contributed by atoms with Gasteiger partial charge in [-0.25, -0.2) is 0 Å². The molecule has 0 saturated carbocycles. The molecule has 0 bridgehead atoms. The molecule has 1 aliphatic heterocycles. The number of carbonyl (C=O) groups excluding carboxylic acids is 2. The van der Waals surface area contributed by atoms with Gasteiger partial charge in [0.05, 0.1) is 16.5 Å². The summed E-state index contributed by atoms with van der Waals surface area (Å²) in [5.74, 6) is -1.46. The number of anilines is 2. The maximum Gasteiger partial charge on any atom is 0.417 e. The Morgan fingerprint density at radius 3 is 2.41 bits per heavy atom. The van der Waals surface area contributed by atoms with Crippen LogP contribution in [0.1, 0.15) is 12.0 Å². The van der Waals surface area contributed by atoms with Crippen LogP contribution in [-0.2, 0) is 15.8 Å². The number of hydrogen-bond acceptors (Lipinski definition) is 2. The Labute approximate surface area is 162 Å². The number of alkyl halides is 3. The van der Waals surface area contributed by atoms with Gasteiger partial charge < -0.3 is 10.2 Å². The molecule has 1 heterocycles. The molecule has 4 nitrogen and oxygen atoms in total. The van der Waals surface area contributed by atoms with E-state index in [1.807, 2.05) is 0 Å². The third-order valence-corrected chi connectivity index (χ3v) is 4.75. The highest BCUT2D eigenvalue weighted by Gasteiger charge is 2.36. The summed E-state index contributed by atoms with van der Waals surface area (Å²) >= 11 is 11.4. The van der Waals surface area contributed by atoms with E-state index < -0.39 is 28.6 Å². The van der Waals surface area contributed by atoms with E-state index in [9.17, 15) is 22.8 Å². The third kappa shape index (κ3) is 4.36. The number of carbonyl (C=O) groups is 2. The summed E-state index contributed by atoms with van der Waals surface area (Å²) in [5, 5.41) is 2.49. The molecule has 3 rings (SSSR count). The molecule has 2 amide bonds. The number of halogens is 5. The van der Waals surface area contributed by atoms with E-state index in [0.717, 1.165) is 12.1 Å². The van der Waals surface area contributed by atoms with E-state index in [-0.39, 0.29) is 24.6 Å². The molecular weight excluding hydrogens is 404 g/mol. The molecule has 0 radical (unpaired) electrons. The molecule has 2 aromatic carbocycles. The van der Waals surface area contributed by atoms with Crippen LogP contribution in [0.25, 0.3) is 0 Å². The lowest BCUT2D eigenvalue weighted by atomic mass is 10.1. The average Bonchev–Trinajstić information content (AvgIpc) is 2.98. The molecule has 1 fully saturated rings. The minimum Gasteiger partial charge on any atom is -0.326 e. The van der Waals surface area contributed by atoms with Gasteiger partial charge in [0, 0.05) is 29.4 Å². The van der Waals surface area contributed by atoms with Gasteiger partial charge >= 0.3 is 6.18 Å². The van der Waals surface area contributed by atoms with Crippen LogP contribution in [-0.4, -0.2) is 18.4 Å². The maximum atomic E-state index is 12.9. The lowest BCUT2D eigenvalue weighted by Gasteiger charge is -2.17. The number of nitrogens with zero attached hydrogens (tertiary/aromatic N) is 1. The SMILES string of the molecule is O=C(Nc1ccc(Cl)c(C(F)(F)F)c1)C1CC(=O)N(c2ccc(Cl)cc2)C1. The van der Waals surface area contributed by atoms with Crippen molar-refractivity contribution in [1.82, 2.24) is 0 Å². The second kappa shape index (κ2) is 7.40. The van der Waals surface area contributed by atoms with Crippen molar-refractivity contribution in [2.45, 2.75) is 12.6 Å². The zero-order chi connectivity index (χ0) is 19.8. The lowest BCUT2D eigenvalue weighted by Crippen LogP contribution is -2.28. The van der Waals surface area contributed by atoms with Crippen molar-refractivity contribution in [3.8, 4) is 0 Å². The van der Waals surface area contributed by atoms with Crippen LogP contribution in [0.15, 0.2) is 42.5 Å². The zero-order valence-electron chi connectivity index (χ0n) is 13.7. The largest absolute Gasteiger partial charge is 0.417 e. The minimum atomic E-state index is -4.63. The first-order valence-corrected chi connectivity index (χ1v) is 8.64. The second-order valence-electron chi connectivity index (χ2n) is 6.06. The predicted molar refractivity (Wildman–Crippen MR) is 97.0 cm³/mol. The molecule has 1 unspecified atom stereocenters. The standard InChI is InChI=1S/C18H13Cl2F3N2O2/c19-11-1-4-13(5-2-11)25-9-10(7-16(25)26)17(27)24-12-3-6-15(20)14(8-12)18(21,22)23/h1-6,8,10H,7,9H2,(H,24,27). The van der Waals surface area contributed by atoms with E-state index in [2.05, 4.69) is 5.32 Å². The number of amides is 2. The highest BCUT2D eigenvalue weighted by Crippen LogP contribution is 2.36. The number of benzene rings is 2. The van der Waals surface area contributed by atoms with Crippen LogP contribution in [0.4, 0.5) is 24.5 Å². The molecule has 142 valence electrons. The summed E-state index contributed by atoms with van der Waals surface area (Å²) in [4.78, 5) is 26.1. The predicted octanol–water partition coefficient (Wildman–Crippen LogP) is 5.00. The molecule has 0 aliphatic carbocycles. The Hall–Kier alpha value is -2.25. The Balaban J connectivity index is 1.72. The molecule has 27 heavy (non-hydrogen) atoms. The van der Waals surface area contributed by atoms with Crippen molar-refractivity contribution in [2.24, 2.45) is 5.92 Å². The summed E-state index contributed by atoms with van der Waals surface area (Å²) < 4.78 is 38.8. The van der Waals surface area contributed by atoms with Crippen LogP contribution in [0.3, 0.4) is 0 Å². The zero-order valence-corrected chi connectivity index (χ0v) is 15.2. The molecule has 0 spiro atoms. The van der Waals surface area contributed by atoms with Crippen molar-refractivity contribution in [3.63, 3.8) is 0 Å². The molecule has 2 aromatic rings. The van der Waals surface area contributed by atoms with Gasteiger partial charge in [0.25, 0.3) is 0 Å². The van der Waals surface area contributed by atoms with Crippen molar-refractivity contribution < 1.29 is 22.8 Å². The fourth-order valence-electron chi connectivity index (χ4n) is 2.82. The van der Waals surface area contributed by atoms with E-state index in [0.29, 0.717) is 10.7 Å². The van der Waals surface area contributed by atoms with Crippen molar-refractivity contribution in [1.29, 1.82) is 0 Å². The quantitative estimate of drug-likeness (QED) is 0.764. The van der Waals surface area contributed by atoms with Gasteiger partial charge in [-0.05, 0) is 42.5 Å². The fourth-order valence-corrected chi connectivity index (χ4v) is 3.17. The molecule has 9 heteroatoms. The highest BCUT2D eigenvalue weighted by molar-refractivity contribution is 6.31. The maximum absolute atomic E-state index is 12.9. The summed E-state index contributed by atoms with van der Waals surface area (Å²) in [6.45, 7) is 0.131. The van der Waals surface area contributed by atoms with Gasteiger partial charge in [-0.3, -0.25) is 9.59 Å². The lowest BCUT2D eigenvalue weighted by molar-refractivity contribution is -0.137. The van der Waals surface area contributed by atoms with Crippen LogP contribution in [0.2, 0.25) is 10.0 Å². The van der Waals surface area contributed by atoms with Gasteiger partial charge in [-0.1, -0.05) is 23.2 Å². The van der Waals surface area contributed by atoms with Gasteiger partial charge in [0.1, 0.15) is 0 Å². The smallest absolute Gasteiger partial charge is 0.326 e. The number of hydrogen-bond donors (Lipinski definition) is 1. The van der Waals surface area contributed by atoms with Gasteiger partial charge in [-0.15, -0.1) is 0 Å². The van der Waals surface area contributed by atoms with Crippen LogP contribution < -0.4 is 10.2 Å². The second-order valence-corrected chi connectivity index (χ2v) is 6.91. The van der Waals surface area contributed by atoms with Gasteiger partial charge in [0.2, 0.25) is 11.8 Å². The molecule has 0 aromatic heterocycles. The van der Waals surface area contributed by atoms with Crippen molar-refractivity contribution in [3.05, 3.63) is 58.1 Å². The van der Waals surface area contributed by atoms with Crippen LogP contribution >= 0.6 is 23.2 Å². The topological polar surface area (TPSA) is 49.4 Å². The fraction of sp³-hybridized carbons (Fsp3) is 0.222. The number of rotatable bonds is 3. The van der Waals surface area contributed by atoms with E-state index in [1.54, 1.807) is 24.3 Å². The van der Waals surface area contributed by atoms with E-state index in [1.165, 1.54) is 11.0 Å². The first-order chi connectivity index (χ1) is 12.6. The molecule has 1 saturated heterocycles. The molecule has 1 atom stereocenters. The monoisotopic (exact) mass is 416 g/mol. The van der Waals surface area contributed by atoms with Crippen LogP contribution in [0.5, 0.6) is 0 Å². The Morgan fingerprint density at radius 2 is 1.78 bits per heavy atom. The number of nitrogens with one attached hydrogen (secondary N) is 1. The van der Waals surface area contributed by atoms with Crippen molar-refractivity contribution >= 4 is 46.4 Å². The normalized spacial score (nSPS) is 17.3. The Morgan fingerprint density at radius 1 is 1.11 bits per heavy atom. The van der Waals surface area contributed by atoms with Crippen LogP contribution in [0, 0.1) is 5.92 Å². The Kier molecular flexibility index (Phi) is 5.35. The first-order valence-electron chi connectivity index (χ1n) is 7.88. The summed E-state index contributed by atoms with van der Waals surface area (Å²) in [6.07, 6.45) is -4.67. The highest BCUT2D eigenvalue weighted by atomic mass is 35.5. The Bertz CT molecular complexity index is 885.